The predicted octanol–water partition coefficient (Wildman–Crippen LogP) is 2.74. The Morgan fingerprint density at radius 1 is 1.47 bits per heavy atom. The highest BCUT2D eigenvalue weighted by molar-refractivity contribution is 5.90. The Kier molecular flexibility index (Phi) is 7.59. The van der Waals surface area contributed by atoms with Crippen LogP contribution in [0, 0.1) is 0 Å². The van der Waals surface area contributed by atoms with Crippen molar-refractivity contribution >= 4 is 24.0 Å². The van der Waals surface area contributed by atoms with Crippen molar-refractivity contribution in [2.24, 2.45) is 5.73 Å². The van der Waals surface area contributed by atoms with Crippen LogP contribution in [0.2, 0.25) is 0 Å². The van der Waals surface area contributed by atoms with E-state index in [2.05, 4.69) is 18.3 Å². The van der Waals surface area contributed by atoms with Crippen LogP contribution in [0.5, 0.6) is 0 Å². The highest BCUT2D eigenvalue weighted by Gasteiger charge is 2.04. The van der Waals surface area contributed by atoms with Crippen LogP contribution >= 0.6 is 12.4 Å². The molecule has 0 aliphatic heterocycles. The van der Waals surface area contributed by atoms with Crippen molar-refractivity contribution in [3.63, 3.8) is 0 Å². The smallest absolute Gasteiger partial charge is 0.224 e. The molecule has 1 aromatic carbocycles. The van der Waals surface area contributed by atoms with E-state index >= 15 is 0 Å². The summed E-state index contributed by atoms with van der Waals surface area (Å²) in [6.45, 7) is 4.00. The highest BCUT2D eigenvalue weighted by atomic mass is 35.5. The Morgan fingerprint density at radius 3 is 2.76 bits per heavy atom. The Labute approximate surface area is 109 Å². The Bertz CT molecular complexity index is 353. The van der Waals surface area contributed by atoms with Gasteiger partial charge >= 0.3 is 0 Å². The van der Waals surface area contributed by atoms with E-state index in [0.717, 1.165) is 18.5 Å². The number of rotatable bonds is 5. The molecular weight excluding hydrogens is 236 g/mol. The lowest BCUT2D eigenvalue weighted by Gasteiger charge is -2.07. The van der Waals surface area contributed by atoms with E-state index in [4.69, 9.17) is 5.73 Å². The summed E-state index contributed by atoms with van der Waals surface area (Å²) in [6.07, 6.45) is 2.18. The average Bonchev–Trinajstić information content (AvgIpc) is 2.26. The summed E-state index contributed by atoms with van der Waals surface area (Å²) in [6, 6.07) is 8.00. The van der Waals surface area contributed by atoms with E-state index in [1.807, 2.05) is 25.1 Å². The summed E-state index contributed by atoms with van der Waals surface area (Å²) in [5.74, 6) is 0.0329. The minimum absolute atomic E-state index is 0. The van der Waals surface area contributed by atoms with Gasteiger partial charge in [0.1, 0.15) is 0 Å². The number of nitrogens with two attached hydrogens (primary N) is 1. The molecule has 0 radical (unpaired) electrons. The number of anilines is 1. The molecule has 3 nitrogen and oxygen atoms in total. The second-order valence-electron chi connectivity index (χ2n) is 4.12. The quantitative estimate of drug-likeness (QED) is 0.851. The Hall–Kier alpha value is -1.06. The van der Waals surface area contributed by atoms with Crippen molar-refractivity contribution in [2.75, 3.05) is 5.32 Å². The van der Waals surface area contributed by atoms with Gasteiger partial charge in [0.25, 0.3) is 0 Å². The number of nitrogens with one attached hydrogen (secondary N) is 1. The lowest BCUT2D eigenvalue weighted by molar-refractivity contribution is -0.116. The molecule has 17 heavy (non-hydrogen) atoms. The first kappa shape index (κ1) is 15.9. The maximum absolute atomic E-state index is 11.5. The molecule has 1 aromatic rings. The number of hydrogen-bond acceptors (Lipinski definition) is 2. The van der Waals surface area contributed by atoms with Gasteiger partial charge in [-0.1, -0.05) is 19.1 Å². The van der Waals surface area contributed by atoms with Gasteiger partial charge in [-0.25, -0.2) is 0 Å². The van der Waals surface area contributed by atoms with Gasteiger partial charge in [0.2, 0.25) is 5.91 Å². The van der Waals surface area contributed by atoms with Crippen molar-refractivity contribution in [3.05, 3.63) is 29.8 Å². The van der Waals surface area contributed by atoms with Crippen molar-refractivity contribution in [1.82, 2.24) is 0 Å². The van der Waals surface area contributed by atoms with Crippen LogP contribution in [-0.2, 0) is 11.2 Å². The average molecular weight is 257 g/mol. The van der Waals surface area contributed by atoms with E-state index in [1.54, 1.807) is 0 Å². The van der Waals surface area contributed by atoms with Gasteiger partial charge in [-0.15, -0.1) is 12.4 Å². The molecule has 0 aliphatic rings. The molecule has 0 aliphatic carbocycles. The van der Waals surface area contributed by atoms with Gasteiger partial charge in [-0.3, -0.25) is 4.79 Å². The molecule has 1 rings (SSSR count). The van der Waals surface area contributed by atoms with E-state index in [9.17, 15) is 4.79 Å². The van der Waals surface area contributed by atoms with Crippen molar-refractivity contribution in [2.45, 2.75) is 39.2 Å². The molecule has 1 amide bonds. The topological polar surface area (TPSA) is 55.1 Å². The fraction of sp³-hybridized carbons (Fsp3) is 0.462. The summed E-state index contributed by atoms with van der Waals surface area (Å²) in [5, 5.41) is 2.88. The molecule has 3 N–H and O–H groups in total. The number of carbonyl (C=O) groups is 1. The Morgan fingerprint density at radius 2 is 2.18 bits per heavy atom. The van der Waals surface area contributed by atoms with Crippen molar-refractivity contribution < 1.29 is 4.79 Å². The van der Waals surface area contributed by atoms with Crippen LogP contribution in [0.4, 0.5) is 5.69 Å². The fourth-order valence-corrected chi connectivity index (χ4v) is 1.45. The molecule has 0 spiro atoms. The number of carbonyl (C=O) groups excluding carboxylic acids is 1. The minimum atomic E-state index is 0. The molecule has 0 saturated heterocycles. The number of benzene rings is 1. The van der Waals surface area contributed by atoms with E-state index < -0.39 is 0 Å². The monoisotopic (exact) mass is 256 g/mol. The molecule has 0 aromatic heterocycles. The van der Waals surface area contributed by atoms with Gasteiger partial charge < -0.3 is 11.1 Å². The lowest BCUT2D eigenvalue weighted by atomic mass is 10.1. The SMILES string of the molecule is CCc1cccc(NC(=O)CCC(C)N)c1.Cl. The van der Waals surface area contributed by atoms with E-state index in [1.165, 1.54) is 5.56 Å². The second kappa shape index (κ2) is 8.09. The van der Waals surface area contributed by atoms with Gasteiger partial charge in [0.15, 0.2) is 0 Å². The maximum Gasteiger partial charge on any atom is 0.224 e. The van der Waals surface area contributed by atoms with Crippen LogP contribution in [0.3, 0.4) is 0 Å². The van der Waals surface area contributed by atoms with Crippen LogP contribution in [-0.4, -0.2) is 11.9 Å². The summed E-state index contributed by atoms with van der Waals surface area (Å²) in [4.78, 5) is 11.5. The Balaban J connectivity index is 0.00000256. The molecule has 0 fully saturated rings. The molecule has 0 saturated carbocycles. The van der Waals surface area contributed by atoms with E-state index in [-0.39, 0.29) is 24.4 Å². The summed E-state index contributed by atoms with van der Waals surface area (Å²) in [5.41, 5.74) is 7.70. The van der Waals surface area contributed by atoms with Gasteiger partial charge in [-0.05, 0) is 37.5 Å². The number of aryl methyl sites for hydroxylation is 1. The second-order valence-corrected chi connectivity index (χ2v) is 4.12. The number of amides is 1. The highest BCUT2D eigenvalue weighted by Crippen LogP contribution is 2.11. The van der Waals surface area contributed by atoms with Gasteiger partial charge in [-0.2, -0.15) is 0 Å². The number of hydrogen-bond donors (Lipinski definition) is 2. The molecular formula is C13H21ClN2O. The van der Waals surface area contributed by atoms with Crippen LogP contribution < -0.4 is 11.1 Å². The first-order valence-corrected chi connectivity index (χ1v) is 5.76. The number of halogens is 1. The predicted molar refractivity (Wildman–Crippen MR) is 74.6 cm³/mol. The zero-order valence-electron chi connectivity index (χ0n) is 10.4. The first-order chi connectivity index (χ1) is 7.61. The molecule has 1 unspecified atom stereocenters. The molecule has 96 valence electrons. The van der Waals surface area contributed by atoms with Crippen molar-refractivity contribution in [1.29, 1.82) is 0 Å². The molecule has 0 heterocycles. The summed E-state index contributed by atoms with van der Waals surface area (Å²) < 4.78 is 0. The summed E-state index contributed by atoms with van der Waals surface area (Å²) in [7, 11) is 0. The minimum Gasteiger partial charge on any atom is -0.328 e. The normalized spacial score (nSPS) is 11.5. The maximum atomic E-state index is 11.5. The third-order valence-electron chi connectivity index (χ3n) is 2.45. The van der Waals surface area contributed by atoms with Crippen molar-refractivity contribution in [3.8, 4) is 0 Å². The lowest BCUT2D eigenvalue weighted by Crippen LogP contribution is -2.19. The van der Waals surface area contributed by atoms with Crippen LogP contribution in [0.1, 0.15) is 32.3 Å². The fourth-order valence-electron chi connectivity index (χ4n) is 1.45. The standard InChI is InChI=1S/C13H20N2O.ClH/c1-3-11-5-4-6-12(9-11)15-13(16)8-7-10(2)14;/h4-6,9-10H,3,7-8,14H2,1-2H3,(H,15,16);1H. The third-order valence-corrected chi connectivity index (χ3v) is 2.45. The third kappa shape index (κ3) is 6.29. The zero-order valence-corrected chi connectivity index (χ0v) is 11.2. The molecule has 4 heteroatoms. The largest absolute Gasteiger partial charge is 0.328 e. The van der Waals surface area contributed by atoms with Crippen LogP contribution in [0.25, 0.3) is 0 Å². The van der Waals surface area contributed by atoms with Gasteiger partial charge in [0.05, 0.1) is 0 Å². The molecule has 1 atom stereocenters. The first-order valence-electron chi connectivity index (χ1n) is 5.76. The van der Waals surface area contributed by atoms with E-state index in [0.29, 0.717) is 6.42 Å². The van der Waals surface area contributed by atoms with Gasteiger partial charge in [0, 0.05) is 18.2 Å². The summed E-state index contributed by atoms with van der Waals surface area (Å²) >= 11 is 0. The molecule has 0 bridgehead atoms. The zero-order chi connectivity index (χ0) is 12.0. The van der Waals surface area contributed by atoms with Crippen LogP contribution in [0.15, 0.2) is 24.3 Å².